The number of sulfone groups is 1. The predicted molar refractivity (Wildman–Crippen MR) is 117 cm³/mol. The van der Waals surface area contributed by atoms with E-state index in [0.717, 1.165) is 23.1 Å². The summed E-state index contributed by atoms with van der Waals surface area (Å²) in [6.45, 7) is 4.31. The van der Waals surface area contributed by atoms with Gasteiger partial charge in [0.15, 0.2) is 9.84 Å². The molecule has 0 spiro atoms. The summed E-state index contributed by atoms with van der Waals surface area (Å²) in [6.07, 6.45) is -1.01. The molecule has 6 nitrogen and oxygen atoms in total. The predicted octanol–water partition coefficient (Wildman–Crippen LogP) is 4.75. The zero-order valence-corrected chi connectivity index (χ0v) is 19.6. The zero-order valence-electron chi connectivity index (χ0n) is 18.0. The van der Waals surface area contributed by atoms with E-state index in [1.807, 2.05) is 0 Å². The van der Waals surface area contributed by atoms with Crippen molar-refractivity contribution in [1.82, 2.24) is 4.90 Å². The molecule has 0 aliphatic rings. The molecule has 0 aliphatic heterocycles. The summed E-state index contributed by atoms with van der Waals surface area (Å²) in [5.74, 6) is -1.68. The van der Waals surface area contributed by atoms with Crippen LogP contribution in [0, 0.1) is 11.6 Å². The summed E-state index contributed by atoms with van der Waals surface area (Å²) >= 11 is 5.84. The van der Waals surface area contributed by atoms with Gasteiger partial charge in [-0.25, -0.2) is 22.0 Å². The third kappa shape index (κ3) is 6.88. The van der Waals surface area contributed by atoms with Crippen LogP contribution in [0.15, 0.2) is 47.4 Å². The normalized spacial score (nSPS) is 13.0. The first-order valence-corrected chi connectivity index (χ1v) is 11.8. The number of aliphatic hydroxyl groups is 1. The van der Waals surface area contributed by atoms with E-state index in [-0.39, 0.29) is 36.6 Å². The van der Waals surface area contributed by atoms with Gasteiger partial charge in [0, 0.05) is 23.7 Å². The van der Waals surface area contributed by atoms with E-state index < -0.39 is 38.4 Å². The van der Waals surface area contributed by atoms with E-state index >= 15 is 0 Å². The smallest absolute Gasteiger partial charge is 0.410 e. The zero-order chi connectivity index (χ0) is 24.1. The molecule has 176 valence electrons. The molecule has 1 N–H and O–H groups in total. The number of aliphatic hydroxyl groups excluding tert-OH is 1. The number of benzene rings is 2. The third-order valence-electron chi connectivity index (χ3n) is 4.50. The molecule has 32 heavy (non-hydrogen) atoms. The van der Waals surface area contributed by atoms with Crippen LogP contribution in [0.5, 0.6) is 0 Å². The Kier molecular flexibility index (Phi) is 8.61. The van der Waals surface area contributed by atoms with Gasteiger partial charge in [-0.3, -0.25) is 0 Å². The van der Waals surface area contributed by atoms with Gasteiger partial charge in [-0.1, -0.05) is 11.6 Å². The Labute approximate surface area is 191 Å². The minimum Gasteiger partial charge on any atom is -0.444 e. The van der Waals surface area contributed by atoms with Crippen molar-refractivity contribution in [3.05, 3.63) is 64.7 Å². The Morgan fingerprint density at radius 2 is 1.75 bits per heavy atom. The first-order chi connectivity index (χ1) is 14.8. The molecule has 0 bridgehead atoms. The van der Waals surface area contributed by atoms with Gasteiger partial charge in [0.2, 0.25) is 0 Å². The molecule has 2 aromatic rings. The quantitative estimate of drug-likeness (QED) is 0.578. The fourth-order valence-corrected chi connectivity index (χ4v) is 4.94. The average molecular weight is 490 g/mol. The molecule has 1 atom stereocenters. The van der Waals surface area contributed by atoms with E-state index in [9.17, 15) is 27.1 Å². The van der Waals surface area contributed by atoms with Crippen LogP contribution in [0.3, 0.4) is 0 Å². The number of rotatable bonds is 8. The number of nitrogens with zero attached hydrogens (tertiary/aromatic N) is 1. The molecule has 0 aromatic heterocycles. The van der Waals surface area contributed by atoms with Gasteiger partial charge in [-0.05, 0) is 69.7 Å². The van der Waals surface area contributed by atoms with Crippen molar-refractivity contribution in [3.63, 3.8) is 0 Å². The number of hydrogen-bond acceptors (Lipinski definition) is 5. The van der Waals surface area contributed by atoms with Crippen LogP contribution in [0.4, 0.5) is 13.6 Å². The van der Waals surface area contributed by atoms with Gasteiger partial charge in [0.1, 0.15) is 17.2 Å². The van der Waals surface area contributed by atoms with Crippen LogP contribution >= 0.6 is 11.6 Å². The number of halogens is 3. The maximum atomic E-state index is 14.6. The van der Waals surface area contributed by atoms with Crippen LogP contribution < -0.4 is 0 Å². The maximum absolute atomic E-state index is 14.6. The van der Waals surface area contributed by atoms with Gasteiger partial charge in [-0.15, -0.1) is 0 Å². The monoisotopic (exact) mass is 489 g/mol. The first kappa shape index (κ1) is 26.0. The molecule has 2 rings (SSSR count). The number of carbonyl (C=O) groups excluding carboxylic acids is 1. The molecular formula is C22H26ClF2NO5S. The van der Waals surface area contributed by atoms with Crippen LogP contribution in [0.25, 0.3) is 0 Å². The van der Waals surface area contributed by atoms with Crippen LogP contribution in [-0.4, -0.2) is 49.8 Å². The Balaban J connectivity index is 2.43. The first-order valence-electron chi connectivity index (χ1n) is 9.88. The number of carbonyl (C=O) groups is 1. The van der Waals surface area contributed by atoms with E-state index in [1.54, 1.807) is 20.8 Å². The lowest BCUT2D eigenvalue weighted by atomic mass is 10.1. The van der Waals surface area contributed by atoms with Crippen molar-refractivity contribution in [3.8, 4) is 0 Å². The Morgan fingerprint density at radius 1 is 1.12 bits per heavy atom. The van der Waals surface area contributed by atoms with Crippen LogP contribution in [0.2, 0.25) is 5.02 Å². The highest BCUT2D eigenvalue weighted by Crippen LogP contribution is 2.34. The third-order valence-corrected chi connectivity index (χ3v) is 6.92. The highest BCUT2D eigenvalue weighted by atomic mass is 35.5. The minimum atomic E-state index is -4.19. The Hall–Kier alpha value is -2.23. The highest BCUT2D eigenvalue weighted by molar-refractivity contribution is 7.91. The molecule has 0 heterocycles. The van der Waals surface area contributed by atoms with Crippen molar-refractivity contribution in [2.45, 2.75) is 42.9 Å². The Morgan fingerprint density at radius 3 is 2.31 bits per heavy atom. The van der Waals surface area contributed by atoms with E-state index in [0.29, 0.717) is 5.02 Å². The molecule has 1 amide bonds. The lowest BCUT2D eigenvalue weighted by Crippen LogP contribution is -2.39. The molecule has 0 radical (unpaired) electrons. The van der Waals surface area contributed by atoms with Gasteiger partial charge >= 0.3 is 6.09 Å². The second-order valence-electron chi connectivity index (χ2n) is 8.13. The summed E-state index contributed by atoms with van der Waals surface area (Å²) in [4.78, 5) is 13.5. The van der Waals surface area contributed by atoms with Crippen molar-refractivity contribution >= 4 is 27.5 Å². The molecule has 0 saturated heterocycles. The highest BCUT2D eigenvalue weighted by Gasteiger charge is 2.33. The summed E-state index contributed by atoms with van der Waals surface area (Å²) < 4.78 is 60.5. The minimum absolute atomic E-state index is 0.117. The van der Waals surface area contributed by atoms with Gasteiger partial charge in [0.05, 0.1) is 16.8 Å². The summed E-state index contributed by atoms with van der Waals surface area (Å²) in [5.41, 5.74) is -1.16. The van der Waals surface area contributed by atoms with Crippen molar-refractivity contribution < 1.29 is 31.8 Å². The topological polar surface area (TPSA) is 83.9 Å². The Bertz CT molecular complexity index is 1040. The molecule has 1 unspecified atom stereocenters. The molecular weight excluding hydrogens is 464 g/mol. The SMILES string of the molecule is CC(C)(C)OC(=O)N(CCO)CCC(c1cc(F)ccc1F)S(=O)(=O)c1ccc(Cl)cc1. The molecule has 0 fully saturated rings. The second kappa shape index (κ2) is 10.6. The average Bonchev–Trinajstić information content (AvgIpc) is 2.68. The largest absolute Gasteiger partial charge is 0.444 e. The van der Waals surface area contributed by atoms with Crippen LogP contribution in [0.1, 0.15) is 38.0 Å². The summed E-state index contributed by atoms with van der Waals surface area (Å²) in [7, 11) is -4.19. The number of ether oxygens (including phenoxy) is 1. The van der Waals surface area contributed by atoms with Gasteiger partial charge < -0.3 is 14.7 Å². The molecule has 2 aromatic carbocycles. The van der Waals surface area contributed by atoms with E-state index in [1.165, 1.54) is 24.3 Å². The van der Waals surface area contributed by atoms with Gasteiger partial charge in [0.25, 0.3) is 0 Å². The fraction of sp³-hybridized carbons (Fsp3) is 0.409. The summed E-state index contributed by atoms with van der Waals surface area (Å²) in [6, 6.07) is 7.90. The van der Waals surface area contributed by atoms with Crippen molar-refractivity contribution in [2.75, 3.05) is 19.7 Å². The number of hydrogen-bond donors (Lipinski definition) is 1. The van der Waals surface area contributed by atoms with Crippen molar-refractivity contribution in [1.29, 1.82) is 0 Å². The summed E-state index contributed by atoms with van der Waals surface area (Å²) in [5, 5.41) is 8.14. The van der Waals surface area contributed by atoms with E-state index in [4.69, 9.17) is 16.3 Å². The fourth-order valence-electron chi connectivity index (χ4n) is 3.04. The van der Waals surface area contributed by atoms with Crippen molar-refractivity contribution in [2.24, 2.45) is 0 Å². The van der Waals surface area contributed by atoms with Crippen LogP contribution in [-0.2, 0) is 14.6 Å². The van der Waals surface area contributed by atoms with E-state index in [2.05, 4.69) is 0 Å². The number of amides is 1. The molecule has 0 saturated carbocycles. The molecule has 10 heteroatoms. The second-order valence-corrected chi connectivity index (χ2v) is 10.7. The van der Waals surface area contributed by atoms with Gasteiger partial charge in [-0.2, -0.15) is 0 Å². The lowest BCUT2D eigenvalue weighted by Gasteiger charge is -2.28. The standard InChI is InChI=1S/C22H26ClF2NO5S/c1-22(2,3)31-21(28)26(12-13-27)11-10-20(18-14-16(24)6-9-19(18)25)32(29,30)17-7-4-15(23)5-8-17/h4-9,14,20,27H,10-13H2,1-3H3. The maximum Gasteiger partial charge on any atom is 0.410 e. The lowest BCUT2D eigenvalue weighted by molar-refractivity contribution is 0.0216. The molecule has 0 aliphatic carbocycles.